The first kappa shape index (κ1) is 15.2. The van der Waals surface area contributed by atoms with E-state index in [0.717, 1.165) is 4.90 Å². The molecule has 1 atom stereocenters. The molecule has 0 unspecified atom stereocenters. The zero-order chi connectivity index (χ0) is 15.6. The Kier molecular flexibility index (Phi) is 4.37. The highest BCUT2D eigenvalue weighted by molar-refractivity contribution is 6.32. The van der Waals surface area contributed by atoms with Crippen molar-refractivity contribution in [2.75, 3.05) is 6.54 Å². The number of carbonyl (C=O) groups excluding carboxylic acids is 1. The molecule has 1 aliphatic heterocycles. The highest BCUT2D eigenvalue weighted by atomic mass is 35.5. The average Bonchev–Trinajstić information content (AvgIpc) is 2.45. The van der Waals surface area contributed by atoms with Crippen molar-refractivity contribution in [3.63, 3.8) is 0 Å². The predicted molar refractivity (Wildman–Crippen MR) is 72.2 cm³/mol. The van der Waals surface area contributed by atoms with Crippen molar-refractivity contribution < 1.29 is 19.6 Å². The first-order chi connectivity index (χ1) is 9.93. The summed E-state index contributed by atoms with van der Waals surface area (Å²) in [5.41, 5.74) is -0.841. The van der Waals surface area contributed by atoms with Crippen LogP contribution in [0, 0.1) is 10.1 Å². The predicted octanol–water partition coefficient (Wildman–Crippen LogP) is 1.72. The minimum Gasteiger partial charge on any atom is -0.480 e. The molecule has 0 bridgehead atoms. The van der Waals surface area contributed by atoms with E-state index in [1.807, 2.05) is 0 Å². The molecular weight excluding hydrogens is 302 g/mol. The zero-order valence-corrected chi connectivity index (χ0v) is 11.6. The van der Waals surface area contributed by atoms with Crippen LogP contribution >= 0.6 is 11.6 Å². The van der Waals surface area contributed by atoms with Gasteiger partial charge < -0.3 is 10.0 Å². The van der Waals surface area contributed by atoms with Gasteiger partial charge in [-0.3, -0.25) is 14.9 Å². The number of piperidine rings is 1. The summed E-state index contributed by atoms with van der Waals surface area (Å²) in [5, 5.41) is 19.8. The summed E-state index contributed by atoms with van der Waals surface area (Å²) < 4.78 is 0. The molecule has 1 amide bonds. The van der Waals surface area contributed by atoms with Crippen LogP contribution < -0.4 is 0 Å². The van der Waals surface area contributed by atoms with Crippen LogP contribution in [-0.2, 0) is 4.79 Å². The summed E-state index contributed by atoms with van der Waals surface area (Å²) in [6.07, 6.45) is 2.86. The molecule has 21 heavy (non-hydrogen) atoms. The van der Waals surface area contributed by atoms with Crippen molar-refractivity contribution in [3.8, 4) is 0 Å². The molecule has 2 heterocycles. The molecule has 1 aliphatic rings. The molecule has 9 heteroatoms. The molecule has 1 aromatic heterocycles. The van der Waals surface area contributed by atoms with Crippen LogP contribution in [0.25, 0.3) is 0 Å². The molecule has 1 saturated heterocycles. The van der Waals surface area contributed by atoms with Crippen LogP contribution in [0.2, 0.25) is 5.15 Å². The van der Waals surface area contributed by atoms with E-state index in [1.165, 1.54) is 12.3 Å². The second kappa shape index (κ2) is 6.04. The molecule has 2 rings (SSSR count). The third-order valence-corrected chi connectivity index (χ3v) is 3.62. The van der Waals surface area contributed by atoms with E-state index in [4.69, 9.17) is 11.6 Å². The minimum atomic E-state index is -1.12. The number of aromatic nitrogens is 1. The second-order valence-electron chi connectivity index (χ2n) is 4.60. The smallest absolute Gasteiger partial charge is 0.326 e. The number of rotatable bonds is 3. The number of aliphatic carboxylic acids is 1. The number of carboxylic acids is 1. The van der Waals surface area contributed by atoms with Gasteiger partial charge in [0.2, 0.25) is 5.15 Å². The summed E-state index contributed by atoms with van der Waals surface area (Å²) in [6.45, 7) is 0.243. The lowest BCUT2D eigenvalue weighted by Gasteiger charge is -2.32. The summed E-state index contributed by atoms with van der Waals surface area (Å²) in [5.74, 6) is -1.83. The number of carbonyl (C=O) groups is 2. The lowest BCUT2D eigenvalue weighted by molar-refractivity contribution is -0.385. The van der Waals surface area contributed by atoms with E-state index in [0.29, 0.717) is 19.3 Å². The van der Waals surface area contributed by atoms with Gasteiger partial charge in [-0.25, -0.2) is 9.78 Å². The maximum absolute atomic E-state index is 12.5. The fourth-order valence-electron chi connectivity index (χ4n) is 2.36. The third kappa shape index (κ3) is 2.94. The van der Waals surface area contributed by atoms with Gasteiger partial charge >= 0.3 is 11.7 Å². The number of hydrogen-bond donors (Lipinski definition) is 1. The van der Waals surface area contributed by atoms with E-state index < -0.39 is 33.7 Å². The number of likely N-dealkylation sites (tertiary alicyclic amines) is 1. The Hall–Kier alpha value is -2.22. The van der Waals surface area contributed by atoms with Crippen LogP contribution in [-0.4, -0.2) is 44.4 Å². The number of nitro groups is 1. The van der Waals surface area contributed by atoms with Crippen molar-refractivity contribution in [1.29, 1.82) is 0 Å². The van der Waals surface area contributed by atoms with E-state index in [9.17, 15) is 24.8 Å². The highest BCUT2D eigenvalue weighted by Gasteiger charge is 2.36. The Morgan fingerprint density at radius 2 is 2.19 bits per heavy atom. The summed E-state index contributed by atoms with van der Waals surface area (Å²) in [6, 6.07) is 0.206. The average molecular weight is 314 g/mol. The maximum atomic E-state index is 12.5. The van der Waals surface area contributed by atoms with Gasteiger partial charge in [-0.15, -0.1) is 0 Å². The Morgan fingerprint density at radius 1 is 1.48 bits per heavy atom. The maximum Gasteiger partial charge on any atom is 0.326 e. The fraction of sp³-hybridized carbons (Fsp3) is 0.417. The van der Waals surface area contributed by atoms with E-state index >= 15 is 0 Å². The van der Waals surface area contributed by atoms with E-state index in [-0.39, 0.29) is 12.1 Å². The van der Waals surface area contributed by atoms with Gasteiger partial charge in [0.1, 0.15) is 11.6 Å². The molecule has 1 fully saturated rings. The van der Waals surface area contributed by atoms with Gasteiger partial charge in [0.25, 0.3) is 5.91 Å². The fourth-order valence-corrected chi connectivity index (χ4v) is 2.59. The number of amides is 1. The Balaban J connectivity index is 2.42. The van der Waals surface area contributed by atoms with Crippen molar-refractivity contribution in [1.82, 2.24) is 9.88 Å². The number of carboxylic acid groups (broad SMARTS) is 1. The van der Waals surface area contributed by atoms with Gasteiger partial charge in [-0.05, 0) is 25.3 Å². The van der Waals surface area contributed by atoms with Crippen molar-refractivity contribution >= 4 is 29.2 Å². The Labute approximate surface area is 124 Å². The third-order valence-electron chi connectivity index (χ3n) is 3.34. The summed E-state index contributed by atoms with van der Waals surface area (Å²) >= 11 is 5.67. The molecule has 0 saturated carbocycles. The second-order valence-corrected chi connectivity index (χ2v) is 4.96. The van der Waals surface area contributed by atoms with Crippen LogP contribution in [0.3, 0.4) is 0 Å². The molecule has 8 nitrogen and oxygen atoms in total. The van der Waals surface area contributed by atoms with E-state index in [1.54, 1.807) is 0 Å². The van der Waals surface area contributed by atoms with Gasteiger partial charge in [0.05, 0.1) is 4.92 Å². The lowest BCUT2D eigenvalue weighted by atomic mass is 10.0. The van der Waals surface area contributed by atoms with Crippen molar-refractivity contribution in [2.45, 2.75) is 25.3 Å². The molecule has 112 valence electrons. The lowest BCUT2D eigenvalue weighted by Crippen LogP contribution is -2.48. The topological polar surface area (TPSA) is 114 Å². The monoisotopic (exact) mass is 313 g/mol. The SMILES string of the molecule is O=C(O)[C@@H]1CCCCN1C(=O)c1ccnc(Cl)c1[N+](=O)[O-]. The summed E-state index contributed by atoms with van der Waals surface area (Å²) in [7, 11) is 0. The van der Waals surface area contributed by atoms with Crippen molar-refractivity contribution in [2.24, 2.45) is 0 Å². The summed E-state index contributed by atoms with van der Waals surface area (Å²) in [4.78, 5) is 38.7. The molecule has 0 aromatic carbocycles. The standard InChI is InChI=1S/C12H12ClN3O5/c13-10-9(16(20)21)7(4-5-14-10)11(17)15-6-2-1-3-8(15)12(18)19/h4-5,8H,1-3,6H2,(H,18,19)/t8-/m0/s1. The zero-order valence-electron chi connectivity index (χ0n) is 10.9. The molecular formula is C12H12ClN3O5. The van der Waals surface area contributed by atoms with Gasteiger partial charge in [-0.1, -0.05) is 11.6 Å². The van der Waals surface area contributed by atoms with Crippen molar-refractivity contribution in [3.05, 3.63) is 33.1 Å². The quantitative estimate of drug-likeness (QED) is 0.516. The van der Waals surface area contributed by atoms with Crippen LogP contribution in [0.5, 0.6) is 0 Å². The van der Waals surface area contributed by atoms with Crippen LogP contribution in [0.15, 0.2) is 12.3 Å². The van der Waals surface area contributed by atoms with Gasteiger partial charge in [0, 0.05) is 12.7 Å². The first-order valence-electron chi connectivity index (χ1n) is 6.26. The molecule has 0 radical (unpaired) electrons. The Bertz CT molecular complexity index is 607. The highest BCUT2D eigenvalue weighted by Crippen LogP contribution is 2.29. The number of nitrogens with zero attached hydrogens (tertiary/aromatic N) is 3. The van der Waals surface area contributed by atoms with Gasteiger partial charge in [0.15, 0.2) is 0 Å². The number of pyridine rings is 1. The minimum absolute atomic E-state index is 0.242. The molecule has 1 N–H and O–H groups in total. The molecule has 0 aliphatic carbocycles. The number of hydrogen-bond acceptors (Lipinski definition) is 5. The molecule has 1 aromatic rings. The van der Waals surface area contributed by atoms with Crippen LogP contribution in [0.1, 0.15) is 29.6 Å². The Morgan fingerprint density at radius 3 is 2.81 bits per heavy atom. The molecule has 0 spiro atoms. The van der Waals surface area contributed by atoms with Gasteiger partial charge in [-0.2, -0.15) is 0 Å². The first-order valence-corrected chi connectivity index (χ1v) is 6.64. The van der Waals surface area contributed by atoms with Crippen LogP contribution in [0.4, 0.5) is 5.69 Å². The largest absolute Gasteiger partial charge is 0.480 e. The van der Waals surface area contributed by atoms with E-state index in [2.05, 4.69) is 4.98 Å². The number of halogens is 1. The normalized spacial score (nSPS) is 18.3.